The molecular formula is C40H60BrN3O8. The third kappa shape index (κ3) is 11.1. The third-order valence-corrected chi connectivity index (χ3v) is 11.2. The van der Waals surface area contributed by atoms with Crippen molar-refractivity contribution in [2.24, 2.45) is 17.6 Å². The normalized spacial score (nSPS) is 24.4. The molecule has 6 rings (SSSR count). The number of halogens is 1. The van der Waals surface area contributed by atoms with Gasteiger partial charge in [0, 0.05) is 31.2 Å². The Balaban J connectivity index is 0.000000244. The van der Waals surface area contributed by atoms with E-state index in [1.54, 1.807) is 0 Å². The first-order valence-corrected chi connectivity index (χ1v) is 18.6. The van der Waals surface area contributed by atoms with Crippen LogP contribution in [0.3, 0.4) is 0 Å². The van der Waals surface area contributed by atoms with E-state index in [2.05, 4.69) is 33.9 Å². The molecule has 2 saturated heterocycles. The Hall–Kier alpha value is -2.87. The highest BCUT2D eigenvalue weighted by atomic mass is 79.9. The minimum Gasteiger partial charge on any atom is -1.00 e. The van der Waals surface area contributed by atoms with Crippen LogP contribution < -0.4 is 27.8 Å². The SMILES string of the molecule is C[N+]1(C)CCC(OC(=O)C(O)(c2ccccc2)C2CCCC2)C1.C[N+]1(C)CCC(OC(=O)C(O)(c2ccccc2)C2CCCC2)C1.NCC(=O)[O-].[Br-]. The Morgan fingerprint density at radius 1 is 0.673 bits per heavy atom. The first-order valence-electron chi connectivity index (χ1n) is 18.6. The van der Waals surface area contributed by atoms with Crippen LogP contribution in [-0.2, 0) is 35.1 Å². The summed E-state index contributed by atoms with van der Waals surface area (Å²) in [4.78, 5) is 35.0. The number of likely N-dealkylation sites (N-methyl/N-ethyl adjacent to an activating group) is 2. The number of ether oxygens (including phenoxy) is 2. The van der Waals surface area contributed by atoms with Crippen LogP contribution >= 0.6 is 0 Å². The molecule has 52 heavy (non-hydrogen) atoms. The minimum absolute atomic E-state index is 0. The summed E-state index contributed by atoms with van der Waals surface area (Å²) in [5.74, 6) is -2.21. The molecule has 2 aliphatic carbocycles. The first-order chi connectivity index (χ1) is 24.1. The van der Waals surface area contributed by atoms with E-state index in [1.807, 2.05) is 60.7 Å². The number of carbonyl (C=O) groups is 3. The Labute approximate surface area is 320 Å². The fourth-order valence-electron chi connectivity index (χ4n) is 8.24. The van der Waals surface area contributed by atoms with Crippen molar-refractivity contribution in [2.75, 3.05) is 60.9 Å². The molecular weight excluding hydrogens is 730 g/mol. The number of aliphatic carboxylic acids is 1. The maximum atomic E-state index is 12.9. The van der Waals surface area contributed by atoms with Crippen LogP contribution in [0.4, 0.5) is 0 Å². The smallest absolute Gasteiger partial charge is 0.343 e. The van der Waals surface area contributed by atoms with E-state index in [1.165, 1.54) is 0 Å². The second-order valence-corrected chi connectivity index (χ2v) is 16.1. The van der Waals surface area contributed by atoms with Gasteiger partial charge in [-0.25, -0.2) is 9.59 Å². The fourth-order valence-corrected chi connectivity index (χ4v) is 8.24. The molecule has 2 aliphatic heterocycles. The van der Waals surface area contributed by atoms with Crippen LogP contribution in [0.1, 0.15) is 75.3 Å². The van der Waals surface area contributed by atoms with Gasteiger partial charge in [0.1, 0.15) is 13.1 Å². The predicted molar refractivity (Wildman–Crippen MR) is 191 cm³/mol. The number of quaternary nitrogens is 2. The molecule has 290 valence electrons. The number of carbonyl (C=O) groups excluding carboxylic acids is 3. The van der Waals surface area contributed by atoms with Gasteiger partial charge >= 0.3 is 11.9 Å². The number of carboxylic acid groups (broad SMARTS) is 1. The van der Waals surface area contributed by atoms with Crippen molar-refractivity contribution in [3.05, 3.63) is 71.8 Å². The van der Waals surface area contributed by atoms with Gasteiger partial charge in [0.05, 0.1) is 47.2 Å². The van der Waals surface area contributed by atoms with Crippen LogP contribution in [0.5, 0.6) is 0 Å². The standard InChI is InChI=1S/2C19H28NO3.C2H5NO2.BrH/c2*1-20(2)13-12-17(14-20)23-18(21)19(22,16-10-6-7-11-16)15-8-4-3-5-9-15;3-1-2(4)5;/h2*3-5,8-9,16-17,22H,6-7,10-14H2,1-2H3;1,3H2,(H,4,5);1H/q2*+1;;/p-2. The van der Waals surface area contributed by atoms with E-state index in [0.717, 1.165) is 99.4 Å². The average Bonchev–Trinajstić information content (AvgIpc) is 3.95. The number of aliphatic hydroxyl groups is 2. The minimum atomic E-state index is -1.50. The summed E-state index contributed by atoms with van der Waals surface area (Å²) in [5, 5.41) is 31.9. The Bertz CT molecular complexity index is 1330. The number of hydrogen-bond acceptors (Lipinski definition) is 9. The van der Waals surface area contributed by atoms with Crippen molar-refractivity contribution < 1.29 is 65.1 Å². The fraction of sp³-hybridized carbons (Fsp3) is 0.625. The molecule has 0 bridgehead atoms. The zero-order valence-electron chi connectivity index (χ0n) is 31.4. The summed E-state index contributed by atoms with van der Waals surface area (Å²) in [6.07, 6.45) is 9.37. The zero-order valence-corrected chi connectivity index (χ0v) is 33.0. The number of likely N-dealkylation sites (tertiary alicyclic amines) is 2. The maximum absolute atomic E-state index is 12.9. The topological polar surface area (TPSA) is 159 Å². The van der Waals surface area contributed by atoms with Crippen LogP contribution in [0.2, 0.25) is 0 Å². The molecule has 0 radical (unpaired) electrons. The van der Waals surface area contributed by atoms with E-state index in [9.17, 15) is 19.8 Å². The summed E-state index contributed by atoms with van der Waals surface area (Å²) in [7, 11) is 8.59. The molecule has 0 spiro atoms. The van der Waals surface area contributed by atoms with Crippen molar-refractivity contribution in [2.45, 2.75) is 87.6 Å². The third-order valence-electron chi connectivity index (χ3n) is 11.2. The molecule has 4 N–H and O–H groups in total. The van der Waals surface area contributed by atoms with Crippen molar-refractivity contribution >= 4 is 17.9 Å². The first kappa shape index (κ1) is 43.5. The highest BCUT2D eigenvalue weighted by molar-refractivity contribution is 5.82. The number of benzene rings is 2. The molecule has 4 atom stereocenters. The monoisotopic (exact) mass is 789 g/mol. The molecule has 0 aromatic heterocycles. The van der Waals surface area contributed by atoms with Crippen molar-refractivity contribution in [1.82, 2.24) is 0 Å². The van der Waals surface area contributed by atoms with E-state index in [4.69, 9.17) is 19.4 Å². The molecule has 2 aromatic carbocycles. The van der Waals surface area contributed by atoms with E-state index in [0.29, 0.717) is 11.1 Å². The Morgan fingerprint density at radius 3 is 1.23 bits per heavy atom. The molecule has 2 aromatic rings. The van der Waals surface area contributed by atoms with Gasteiger partial charge in [-0.3, -0.25) is 0 Å². The van der Waals surface area contributed by atoms with Gasteiger partial charge in [0.15, 0.2) is 23.4 Å². The molecule has 11 nitrogen and oxygen atoms in total. The largest absolute Gasteiger partial charge is 1.00 e. The summed E-state index contributed by atoms with van der Waals surface area (Å²) in [6.45, 7) is 3.26. The molecule has 4 unspecified atom stereocenters. The predicted octanol–water partition coefficient (Wildman–Crippen LogP) is -0.388. The van der Waals surface area contributed by atoms with E-state index in [-0.39, 0.29) is 47.6 Å². The maximum Gasteiger partial charge on any atom is 0.343 e. The highest BCUT2D eigenvalue weighted by Gasteiger charge is 2.51. The van der Waals surface area contributed by atoms with Crippen LogP contribution in [0, 0.1) is 11.8 Å². The summed E-state index contributed by atoms with van der Waals surface area (Å²) in [6, 6.07) is 18.7. The van der Waals surface area contributed by atoms with Gasteiger partial charge in [-0.15, -0.1) is 0 Å². The molecule has 4 aliphatic rings. The molecule has 2 heterocycles. The van der Waals surface area contributed by atoms with Crippen LogP contribution in [0.15, 0.2) is 60.7 Å². The number of rotatable bonds is 9. The highest BCUT2D eigenvalue weighted by Crippen LogP contribution is 2.43. The lowest BCUT2D eigenvalue weighted by Gasteiger charge is -2.33. The van der Waals surface area contributed by atoms with Crippen LogP contribution in [0.25, 0.3) is 0 Å². The quantitative estimate of drug-likeness (QED) is 0.228. The number of nitrogens with two attached hydrogens (primary N) is 1. The summed E-state index contributed by atoms with van der Waals surface area (Å²) < 4.78 is 13.3. The van der Waals surface area contributed by atoms with Gasteiger partial charge < -0.3 is 61.3 Å². The summed E-state index contributed by atoms with van der Waals surface area (Å²) in [5.41, 5.74) is 2.84. The molecule has 12 heteroatoms. The molecule has 2 saturated carbocycles. The lowest BCUT2D eigenvalue weighted by molar-refractivity contribution is -0.879. The zero-order chi connectivity index (χ0) is 37.3. The lowest BCUT2D eigenvalue weighted by Crippen LogP contribution is -3.00. The molecule has 4 fully saturated rings. The average molecular weight is 791 g/mol. The van der Waals surface area contributed by atoms with Gasteiger partial charge in [0.2, 0.25) is 0 Å². The van der Waals surface area contributed by atoms with Gasteiger partial charge in [-0.2, -0.15) is 0 Å². The number of nitrogens with zero attached hydrogens (tertiary/aromatic N) is 2. The van der Waals surface area contributed by atoms with Crippen LogP contribution in [-0.4, -0.2) is 110 Å². The second kappa shape index (κ2) is 18.9. The Morgan fingerprint density at radius 2 is 0.981 bits per heavy atom. The second-order valence-electron chi connectivity index (χ2n) is 16.1. The van der Waals surface area contributed by atoms with E-state index < -0.39 is 29.1 Å². The number of carboxylic acids is 1. The van der Waals surface area contributed by atoms with Crippen molar-refractivity contribution in [3.8, 4) is 0 Å². The number of esters is 2. The van der Waals surface area contributed by atoms with Gasteiger partial charge in [0.25, 0.3) is 0 Å². The van der Waals surface area contributed by atoms with E-state index >= 15 is 0 Å². The summed E-state index contributed by atoms with van der Waals surface area (Å²) >= 11 is 0. The Kier molecular flexibility index (Phi) is 15.9. The van der Waals surface area contributed by atoms with Crippen molar-refractivity contribution in [1.29, 1.82) is 0 Å². The molecule has 0 amide bonds. The van der Waals surface area contributed by atoms with Crippen molar-refractivity contribution in [3.63, 3.8) is 0 Å². The number of hydrogen-bond donors (Lipinski definition) is 3. The van der Waals surface area contributed by atoms with Gasteiger partial charge in [-0.1, -0.05) is 86.3 Å². The van der Waals surface area contributed by atoms with Gasteiger partial charge in [-0.05, 0) is 36.8 Å². The lowest BCUT2D eigenvalue weighted by atomic mass is 9.80.